The van der Waals surface area contributed by atoms with Crippen molar-refractivity contribution < 1.29 is 13.9 Å². The van der Waals surface area contributed by atoms with Crippen LogP contribution in [0.25, 0.3) is 22.5 Å². The van der Waals surface area contributed by atoms with E-state index in [1.54, 1.807) is 0 Å². The van der Waals surface area contributed by atoms with E-state index in [9.17, 15) is 10.1 Å². The summed E-state index contributed by atoms with van der Waals surface area (Å²) >= 11 is 0. The molecule has 0 aliphatic heterocycles. The molecule has 4 rings (SSSR count). The minimum atomic E-state index is -0.230. The van der Waals surface area contributed by atoms with Crippen molar-refractivity contribution in [2.75, 3.05) is 11.9 Å². The van der Waals surface area contributed by atoms with Gasteiger partial charge in [-0.25, -0.2) is 0 Å². The van der Waals surface area contributed by atoms with Crippen LogP contribution in [-0.4, -0.2) is 12.5 Å². The Morgan fingerprint density at radius 3 is 2.11 bits per heavy atom. The molecule has 1 heterocycles. The van der Waals surface area contributed by atoms with Gasteiger partial charge < -0.3 is 9.15 Å². The van der Waals surface area contributed by atoms with Gasteiger partial charge in [0.1, 0.15) is 23.1 Å². The monoisotopic (exact) mass is 478 g/mol. The minimum Gasteiger partial charge on any atom is -0.494 e. The highest BCUT2D eigenvalue weighted by Gasteiger charge is 2.24. The van der Waals surface area contributed by atoms with E-state index in [2.05, 4.69) is 44.3 Å². The third-order valence-electron chi connectivity index (χ3n) is 5.91. The van der Waals surface area contributed by atoms with Crippen LogP contribution in [0, 0.1) is 11.3 Å². The van der Waals surface area contributed by atoms with Crippen molar-refractivity contribution in [3.8, 4) is 34.3 Å². The van der Waals surface area contributed by atoms with Crippen LogP contribution in [0.1, 0.15) is 44.7 Å². The van der Waals surface area contributed by atoms with Crippen molar-refractivity contribution in [1.82, 2.24) is 0 Å². The van der Waals surface area contributed by atoms with E-state index in [-0.39, 0.29) is 23.6 Å². The van der Waals surface area contributed by atoms with Gasteiger partial charge in [0.15, 0.2) is 0 Å². The summed E-state index contributed by atoms with van der Waals surface area (Å²) in [6.45, 7) is 6.92. The number of nitrogens with zero attached hydrogens (tertiary/aromatic N) is 1. The quantitative estimate of drug-likeness (QED) is 0.265. The Morgan fingerprint density at radius 1 is 0.917 bits per heavy atom. The van der Waals surface area contributed by atoms with Crippen molar-refractivity contribution >= 4 is 11.8 Å². The zero-order chi connectivity index (χ0) is 25.5. The molecule has 4 aromatic rings. The lowest BCUT2D eigenvalue weighted by Crippen LogP contribution is -2.13. The first kappa shape index (κ1) is 24.8. The summed E-state index contributed by atoms with van der Waals surface area (Å²) in [4.78, 5) is 12.7. The number of nitrogens with one attached hydrogen (secondary N) is 1. The summed E-state index contributed by atoms with van der Waals surface area (Å²) in [5, 5.41) is 12.8. The van der Waals surface area contributed by atoms with Crippen molar-refractivity contribution in [2.24, 2.45) is 0 Å². The Kier molecular flexibility index (Phi) is 7.56. The van der Waals surface area contributed by atoms with Gasteiger partial charge in [-0.15, -0.1) is 0 Å². The van der Waals surface area contributed by atoms with Gasteiger partial charge in [-0.3, -0.25) is 10.1 Å². The van der Waals surface area contributed by atoms with Crippen LogP contribution in [0.2, 0.25) is 0 Å². The number of benzene rings is 3. The topological polar surface area (TPSA) is 75.3 Å². The maximum Gasteiger partial charge on any atom is 0.226 e. The number of carbonyl (C=O) groups excluding carboxylic acids is 1. The van der Waals surface area contributed by atoms with E-state index in [0.717, 1.165) is 16.9 Å². The number of furan rings is 1. The van der Waals surface area contributed by atoms with E-state index in [1.807, 2.05) is 72.8 Å². The molecule has 0 saturated carbocycles. The number of amides is 1. The Hall–Kier alpha value is -4.30. The molecule has 0 aliphatic rings. The maximum atomic E-state index is 12.7. The van der Waals surface area contributed by atoms with Gasteiger partial charge in [0.2, 0.25) is 11.8 Å². The number of carbonyl (C=O) groups is 1. The molecule has 0 unspecified atom stereocenters. The van der Waals surface area contributed by atoms with Gasteiger partial charge >= 0.3 is 0 Å². The average Bonchev–Trinajstić information content (AvgIpc) is 3.25. The smallest absolute Gasteiger partial charge is 0.226 e. The lowest BCUT2D eigenvalue weighted by molar-refractivity contribution is -0.116. The van der Waals surface area contributed by atoms with Crippen LogP contribution in [-0.2, 0) is 10.2 Å². The molecule has 0 atom stereocenters. The molecule has 0 fully saturated rings. The van der Waals surface area contributed by atoms with Crippen LogP contribution in [0.5, 0.6) is 5.75 Å². The summed E-state index contributed by atoms with van der Waals surface area (Å²) in [6.07, 6.45) is 0.777. The van der Waals surface area contributed by atoms with Crippen LogP contribution in [0.15, 0.2) is 89.3 Å². The van der Waals surface area contributed by atoms with E-state index in [1.165, 1.54) is 5.56 Å². The van der Waals surface area contributed by atoms with Gasteiger partial charge in [0, 0.05) is 17.5 Å². The second-order valence-corrected chi connectivity index (χ2v) is 9.63. The predicted molar refractivity (Wildman–Crippen MR) is 143 cm³/mol. The first-order valence-corrected chi connectivity index (χ1v) is 12.1. The summed E-state index contributed by atoms with van der Waals surface area (Å²) in [7, 11) is 0. The standard InChI is InChI=1S/C31H30N2O3/c1-31(2,3)24-16-18-25(19-17-24)35-20-10-15-27(34)33-30-26(21-32)28(22-11-6-4-7-12-22)29(36-30)23-13-8-5-9-14-23/h4-9,11-14,16-19H,10,15,20H2,1-3H3,(H,33,34). The summed E-state index contributed by atoms with van der Waals surface area (Å²) in [5.74, 6) is 1.27. The fraction of sp³-hybridized carbons (Fsp3) is 0.226. The van der Waals surface area contributed by atoms with Gasteiger partial charge in [-0.05, 0) is 35.1 Å². The average molecular weight is 479 g/mol. The fourth-order valence-electron chi connectivity index (χ4n) is 3.96. The molecule has 36 heavy (non-hydrogen) atoms. The number of hydrogen-bond acceptors (Lipinski definition) is 4. The Labute approximate surface area is 212 Å². The van der Waals surface area contributed by atoms with Crippen molar-refractivity contribution in [2.45, 2.75) is 39.0 Å². The third kappa shape index (κ3) is 5.84. The van der Waals surface area contributed by atoms with E-state index >= 15 is 0 Å². The van der Waals surface area contributed by atoms with E-state index < -0.39 is 0 Å². The summed E-state index contributed by atoms with van der Waals surface area (Å²) in [5.41, 5.74) is 3.99. The highest BCUT2D eigenvalue weighted by atomic mass is 16.5. The molecule has 3 aromatic carbocycles. The second-order valence-electron chi connectivity index (χ2n) is 9.63. The van der Waals surface area contributed by atoms with Gasteiger partial charge in [0.05, 0.1) is 6.61 Å². The van der Waals surface area contributed by atoms with Gasteiger partial charge in [-0.2, -0.15) is 5.26 Å². The Morgan fingerprint density at radius 2 is 1.53 bits per heavy atom. The highest BCUT2D eigenvalue weighted by Crippen LogP contribution is 2.41. The molecule has 0 radical (unpaired) electrons. The number of anilines is 1. The minimum absolute atomic E-state index is 0.0888. The molecule has 1 aromatic heterocycles. The second kappa shape index (κ2) is 11.0. The van der Waals surface area contributed by atoms with Gasteiger partial charge in [0.25, 0.3) is 0 Å². The summed E-state index contributed by atoms with van der Waals surface area (Å²) in [6, 6.07) is 29.4. The number of ether oxygens (including phenoxy) is 1. The summed E-state index contributed by atoms with van der Waals surface area (Å²) < 4.78 is 11.9. The van der Waals surface area contributed by atoms with Crippen molar-refractivity contribution in [3.05, 3.63) is 96.1 Å². The molecule has 0 saturated heterocycles. The molecule has 1 N–H and O–H groups in total. The molecule has 0 bridgehead atoms. The first-order chi connectivity index (χ1) is 17.4. The first-order valence-electron chi connectivity index (χ1n) is 12.1. The normalized spacial score (nSPS) is 11.1. The van der Waals surface area contributed by atoms with Gasteiger partial charge in [-0.1, -0.05) is 93.6 Å². The number of rotatable bonds is 8. The molecule has 0 aliphatic carbocycles. The number of nitriles is 1. The molecule has 5 nitrogen and oxygen atoms in total. The van der Waals surface area contributed by atoms with E-state index in [0.29, 0.717) is 29.9 Å². The fourth-order valence-corrected chi connectivity index (χ4v) is 3.96. The highest BCUT2D eigenvalue weighted by molar-refractivity contribution is 5.95. The SMILES string of the molecule is CC(C)(C)c1ccc(OCCCC(=O)Nc2oc(-c3ccccc3)c(-c3ccccc3)c2C#N)cc1. The molecule has 0 spiro atoms. The molecule has 5 heteroatoms. The molecule has 1 amide bonds. The van der Waals surface area contributed by atoms with Crippen LogP contribution in [0.4, 0.5) is 5.88 Å². The molecular formula is C31H30N2O3. The van der Waals surface area contributed by atoms with E-state index in [4.69, 9.17) is 9.15 Å². The third-order valence-corrected chi connectivity index (χ3v) is 5.91. The van der Waals surface area contributed by atoms with Crippen LogP contribution in [0.3, 0.4) is 0 Å². The zero-order valence-electron chi connectivity index (χ0n) is 20.9. The molecule has 182 valence electrons. The largest absolute Gasteiger partial charge is 0.494 e. The van der Waals surface area contributed by atoms with Crippen molar-refractivity contribution in [1.29, 1.82) is 5.26 Å². The Bertz CT molecular complexity index is 1340. The maximum absolute atomic E-state index is 12.7. The lowest BCUT2D eigenvalue weighted by Gasteiger charge is -2.19. The van der Waals surface area contributed by atoms with Crippen LogP contribution >= 0.6 is 0 Å². The molecular weight excluding hydrogens is 448 g/mol. The lowest BCUT2D eigenvalue weighted by atomic mass is 9.87. The van der Waals surface area contributed by atoms with Crippen LogP contribution < -0.4 is 10.1 Å². The predicted octanol–water partition coefficient (Wildman–Crippen LogP) is 7.58. The zero-order valence-corrected chi connectivity index (χ0v) is 20.9. The van der Waals surface area contributed by atoms with Crippen molar-refractivity contribution in [3.63, 3.8) is 0 Å². The number of hydrogen-bond donors (Lipinski definition) is 1. The Balaban J connectivity index is 1.44.